The van der Waals surface area contributed by atoms with Crippen molar-refractivity contribution in [2.45, 2.75) is 25.8 Å². The van der Waals surface area contributed by atoms with Crippen molar-refractivity contribution >= 4 is 17.3 Å². The number of methoxy groups -OCH3 is 1. The van der Waals surface area contributed by atoms with Crippen LogP contribution in [0.1, 0.15) is 30.1 Å². The van der Waals surface area contributed by atoms with E-state index in [0.717, 1.165) is 11.6 Å². The first-order chi connectivity index (χ1) is 8.10. The summed E-state index contributed by atoms with van der Waals surface area (Å²) < 4.78 is 4.64. The van der Waals surface area contributed by atoms with Crippen LogP contribution in [0.3, 0.4) is 0 Å². The van der Waals surface area contributed by atoms with Gasteiger partial charge in [-0.15, -0.1) is 0 Å². The van der Waals surface area contributed by atoms with Crippen LogP contribution in [0.25, 0.3) is 0 Å². The average Bonchev–Trinajstić information content (AvgIpc) is 2.28. The molecule has 0 spiro atoms. The molecule has 1 saturated carbocycles. The lowest BCUT2D eigenvalue weighted by molar-refractivity contribution is 0.0601. The van der Waals surface area contributed by atoms with Crippen LogP contribution in [0, 0.1) is 5.92 Å². The second kappa shape index (κ2) is 4.65. The van der Waals surface area contributed by atoms with E-state index >= 15 is 0 Å². The van der Waals surface area contributed by atoms with Crippen molar-refractivity contribution in [2.24, 2.45) is 5.92 Å². The fourth-order valence-corrected chi connectivity index (χ4v) is 2.18. The zero-order valence-corrected chi connectivity index (χ0v) is 10.2. The highest BCUT2D eigenvalue weighted by Crippen LogP contribution is 2.31. The van der Waals surface area contributed by atoms with Gasteiger partial charge in [0.2, 0.25) is 0 Å². The number of rotatable bonds is 3. The van der Waals surface area contributed by atoms with Crippen molar-refractivity contribution in [3.8, 4) is 0 Å². The minimum Gasteiger partial charge on any atom is -0.465 e. The van der Waals surface area contributed by atoms with Crippen LogP contribution in [0.2, 0.25) is 0 Å². The van der Waals surface area contributed by atoms with Crippen molar-refractivity contribution in [1.82, 2.24) is 0 Å². The molecule has 0 saturated heterocycles. The largest absolute Gasteiger partial charge is 0.465 e. The van der Waals surface area contributed by atoms with Gasteiger partial charge in [-0.1, -0.05) is 6.92 Å². The Hall–Kier alpha value is -1.71. The number of carbonyl (C=O) groups excluding carboxylic acids is 1. The molecule has 0 unspecified atom stereocenters. The van der Waals surface area contributed by atoms with Gasteiger partial charge in [-0.2, -0.15) is 0 Å². The zero-order valence-electron chi connectivity index (χ0n) is 10.2. The summed E-state index contributed by atoms with van der Waals surface area (Å²) in [5.74, 6) is 0.434. The van der Waals surface area contributed by atoms with Gasteiger partial charge in [0.05, 0.1) is 24.0 Å². The maximum Gasteiger partial charge on any atom is 0.337 e. The Morgan fingerprint density at radius 3 is 2.71 bits per heavy atom. The number of esters is 1. The van der Waals surface area contributed by atoms with Crippen LogP contribution >= 0.6 is 0 Å². The standard InChI is InChI=1S/C13H18N2O2/c1-8-5-10(6-8)15-12-4-3-9(7-11(12)14)13(16)17-2/h3-4,7-8,10,15H,5-6,14H2,1-2H3. The molecule has 1 aliphatic carbocycles. The second-order valence-electron chi connectivity index (χ2n) is 4.71. The van der Waals surface area contributed by atoms with E-state index in [0.29, 0.717) is 17.3 Å². The smallest absolute Gasteiger partial charge is 0.337 e. The summed E-state index contributed by atoms with van der Waals surface area (Å²) in [4.78, 5) is 11.3. The first-order valence-electron chi connectivity index (χ1n) is 5.84. The third kappa shape index (κ3) is 2.52. The number of nitrogens with two attached hydrogens (primary N) is 1. The Labute approximate surface area is 101 Å². The summed E-state index contributed by atoms with van der Waals surface area (Å²) in [6.45, 7) is 2.24. The lowest BCUT2D eigenvalue weighted by atomic mass is 9.82. The topological polar surface area (TPSA) is 64.3 Å². The molecule has 92 valence electrons. The van der Waals surface area contributed by atoms with E-state index < -0.39 is 0 Å². The molecule has 4 nitrogen and oxygen atoms in total. The Kier molecular flexibility index (Phi) is 3.22. The third-order valence-corrected chi connectivity index (χ3v) is 3.21. The first-order valence-corrected chi connectivity index (χ1v) is 5.84. The molecule has 0 aromatic heterocycles. The van der Waals surface area contributed by atoms with Crippen LogP contribution < -0.4 is 11.1 Å². The predicted molar refractivity (Wildman–Crippen MR) is 68.0 cm³/mol. The molecule has 17 heavy (non-hydrogen) atoms. The minimum atomic E-state index is -0.361. The second-order valence-corrected chi connectivity index (χ2v) is 4.71. The number of carbonyl (C=O) groups is 1. The van der Waals surface area contributed by atoms with E-state index in [1.54, 1.807) is 12.1 Å². The zero-order chi connectivity index (χ0) is 12.4. The Morgan fingerprint density at radius 2 is 2.18 bits per heavy atom. The van der Waals surface area contributed by atoms with E-state index in [2.05, 4.69) is 17.0 Å². The number of anilines is 2. The van der Waals surface area contributed by atoms with Crippen LogP contribution in [0.15, 0.2) is 18.2 Å². The fraction of sp³-hybridized carbons (Fsp3) is 0.462. The number of nitrogen functional groups attached to an aromatic ring is 1. The monoisotopic (exact) mass is 234 g/mol. The quantitative estimate of drug-likeness (QED) is 0.622. The van der Waals surface area contributed by atoms with Gasteiger partial charge in [-0.3, -0.25) is 0 Å². The van der Waals surface area contributed by atoms with E-state index in [1.807, 2.05) is 6.07 Å². The van der Waals surface area contributed by atoms with Crippen LogP contribution in [0.4, 0.5) is 11.4 Å². The van der Waals surface area contributed by atoms with Gasteiger partial charge in [0.1, 0.15) is 0 Å². The molecular formula is C13H18N2O2. The van der Waals surface area contributed by atoms with Crippen molar-refractivity contribution in [3.05, 3.63) is 23.8 Å². The normalized spacial score (nSPS) is 22.7. The molecule has 0 bridgehead atoms. The molecule has 2 rings (SSSR count). The van der Waals surface area contributed by atoms with Crippen LogP contribution in [-0.4, -0.2) is 19.1 Å². The molecule has 1 fully saturated rings. The van der Waals surface area contributed by atoms with Crippen LogP contribution in [-0.2, 0) is 4.74 Å². The van der Waals surface area contributed by atoms with Crippen molar-refractivity contribution in [3.63, 3.8) is 0 Å². The highest BCUT2D eigenvalue weighted by Gasteiger charge is 2.25. The third-order valence-electron chi connectivity index (χ3n) is 3.21. The van der Waals surface area contributed by atoms with E-state index in [4.69, 9.17) is 5.73 Å². The summed E-state index contributed by atoms with van der Waals surface area (Å²) in [5.41, 5.74) is 7.88. The molecule has 4 heteroatoms. The molecule has 3 N–H and O–H groups in total. The molecule has 1 aliphatic rings. The Morgan fingerprint density at radius 1 is 1.47 bits per heavy atom. The van der Waals surface area contributed by atoms with Gasteiger partial charge in [-0.25, -0.2) is 4.79 Å². The summed E-state index contributed by atoms with van der Waals surface area (Å²) in [6, 6.07) is 5.73. The lowest BCUT2D eigenvalue weighted by Crippen LogP contribution is -2.34. The maximum atomic E-state index is 11.3. The van der Waals surface area contributed by atoms with Gasteiger partial charge in [0.25, 0.3) is 0 Å². The summed E-state index contributed by atoms with van der Waals surface area (Å²) in [6.07, 6.45) is 2.36. The number of benzene rings is 1. The van der Waals surface area contributed by atoms with Gasteiger partial charge < -0.3 is 15.8 Å². The van der Waals surface area contributed by atoms with E-state index in [-0.39, 0.29) is 5.97 Å². The SMILES string of the molecule is COC(=O)c1ccc(NC2CC(C)C2)c(N)c1. The molecule has 0 aliphatic heterocycles. The fourth-order valence-electron chi connectivity index (χ4n) is 2.18. The molecule has 0 radical (unpaired) electrons. The number of nitrogens with one attached hydrogen (secondary N) is 1. The van der Waals surface area contributed by atoms with Crippen molar-refractivity contribution in [1.29, 1.82) is 0 Å². The summed E-state index contributed by atoms with van der Waals surface area (Å²) in [7, 11) is 1.36. The first kappa shape index (κ1) is 11.8. The van der Waals surface area contributed by atoms with E-state index in [9.17, 15) is 4.79 Å². The highest BCUT2D eigenvalue weighted by molar-refractivity contribution is 5.91. The number of hydrogen-bond acceptors (Lipinski definition) is 4. The van der Waals surface area contributed by atoms with Gasteiger partial charge in [-0.05, 0) is 37.0 Å². The minimum absolute atomic E-state index is 0.361. The van der Waals surface area contributed by atoms with Gasteiger partial charge in [0, 0.05) is 6.04 Å². The molecular weight excluding hydrogens is 216 g/mol. The highest BCUT2D eigenvalue weighted by atomic mass is 16.5. The molecule has 0 amide bonds. The lowest BCUT2D eigenvalue weighted by Gasteiger charge is -2.34. The molecule has 0 atom stereocenters. The van der Waals surface area contributed by atoms with Crippen LogP contribution in [0.5, 0.6) is 0 Å². The van der Waals surface area contributed by atoms with Crippen molar-refractivity contribution < 1.29 is 9.53 Å². The molecule has 1 aromatic carbocycles. The summed E-state index contributed by atoms with van der Waals surface area (Å²) >= 11 is 0. The summed E-state index contributed by atoms with van der Waals surface area (Å²) in [5, 5.41) is 3.38. The predicted octanol–water partition coefficient (Wildman–Crippen LogP) is 2.27. The molecule has 1 aromatic rings. The van der Waals surface area contributed by atoms with Gasteiger partial charge in [0.15, 0.2) is 0 Å². The van der Waals surface area contributed by atoms with E-state index in [1.165, 1.54) is 20.0 Å². The average molecular weight is 234 g/mol. The number of hydrogen-bond donors (Lipinski definition) is 2. The maximum absolute atomic E-state index is 11.3. The Balaban J connectivity index is 2.06. The number of ether oxygens (including phenoxy) is 1. The molecule has 0 heterocycles. The van der Waals surface area contributed by atoms with Crippen molar-refractivity contribution in [2.75, 3.05) is 18.2 Å². The Bertz CT molecular complexity index is 425. The van der Waals surface area contributed by atoms with Gasteiger partial charge >= 0.3 is 5.97 Å².